The summed E-state index contributed by atoms with van der Waals surface area (Å²) in [6, 6.07) is 8.45. The summed E-state index contributed by atoms with van der Waals surface area (Å²) in [5.41, 5.74) is 1.39. The first-order valence-electron chi connectivity index (χ1n) is 6.16. The van der Waals surface area contributed by atoms with Gasteiger partial charge in [0.2, 0.25) is 0 Å². The van der Waals surface area contributed by atoms with Crippen molar-refractivity contribution >= 4 is 27.3 Å². The number of nitriles is 1. The van der Waals surface area contributed by atoms with Crippen LogP contribution in [0.25, 0.3) is 10.6 Å². The average Bonchev–Trinajstić information content (AvgIpc) is 2.75. The molecule has 0 atom stereocenters. The fraction of sp³-hybridized carbons (Fsp3) is 0.357. The van der Waals surface area contributed by atoms with Crippen LogP contribution in [0, 0.1) is 18.3 Å². The lowest BCUT2D eigenvalue weighted by molar-refractivity contribution is 0.307. The van der Waals surface area contributed by atoms with Crippen molar-refractivity contribution < 1.29 is 0 Å². The molecule has 2 aromatic rings. The molecule has 5 heteroatoms. The quantitative estimate of drug-likeness (QED) is 0.826. The highest BCUT2D eigenvalue weighted by Gasteiger charge is 2.42. The van der Waals surface area contributed by atoms with E-state index in [1.165, 1.54) is 0 Å². The predicted octanol–water partition coefficient (Wildman–Crippen LogP) is 4.22. The van der Waals surface area contributed by atoms with E-state index in [1.807, 2.05) is 25.1 Å². The van der Waals surface area contributed by atoms with E-state index < -0.39 is 5.41 Å². The van der Waals surface area contributed by atoms with E-state index in [0.717, 1.165) is 39.3 Å². The summed E-state index contributed by atoms with van der Waals surface area (Å²) in [5.74, 6) is 0.695. The van der Waals surface area contributed by atoms with Gasteiger partial charge in [0.1, 0.15) is 11.2 Å². The van der Waals surface area contributed by atoms with Crippen LogP contribution in [0.5, 0.6) is 0 Å². The molecule has 1 aliphatic carbocycles. The van der Waals surface area contributed by atoms with Gasteiger partial charge in [0.05, 0.1) is 20.4 Å². The first-order chi connectivity index (χ1) is 9.13. The zero-order valence-corrected chi connectivity index (χ0v) is 12.9. The zero-order chi connectivity index (χ0) is 13.5. The van der Waals surface area contributed by atoms with Gasteiger partial charge in [-0.25, -0.2) is 9.97 Å². The molecular weight excluding hydrogens is 322 g/mol. The van der Waals surface area contributed by atoms with Crippen molar-refractivity contribution in [1.82, 2.24) is 9.97 Å². The fourth-order valence-electron chi connectivity index (χ4n) is 2.28. The monoisotopic (exact) mass is 333 g/mol. The number of aromatic nitrogens is 2. The van der Waals surface area contributed by atoms with Gasteiger partial charge < -0.3 is 0 Å². The summed E-state index contributed by atoms with van der Waals surface area (Å²) in [6.45, 7) is 1.96. The number of rotatable bonds is 2. The van der Waals surface area contributed by atoms with Crippen LogP contribution in [0.4, 0.5) is 0 Å². The number of nitrogens with zero attached hydrogens (tertiary/aromatic N) is 3. The highest BCUT2D eigenvalue weighted by atomic mass is 79.9. The van der Waals surface area contributed by atoms with Crippen LogP contribution in [-0.4, -0.2) is 9.97 Å². The molecule has 19 heavy (non-hydrogen) atoms. The number of thiophene rings is 1. The van der Waals surface area contributed by atoms with Crippen molar-refractivity contribution in [2.24, 2.45) is 0 Å². The van der Waals surface area contributed by atoms with Gasteiger partial charge in [-0.1, -0.05) is 0 Å². The summed E-state index contributed by atoms with van der Waals surface area (Å²) >= 11 is 5.11. The SMILES string of the molecule is Cc1cc(-c2ccc(Br)s2)nc(C2(C#N)CCC2)n1. The molecule has 0 radical (unpaired) electrons. The van der Waals surface area contributed by atoms with Crippen molar-refractivity contribution in [2.45, 2.75) is 31.6 Å². The first kappa shape index (κ1) is 12.8. The summed E-state index contributed by atoms with van der Waals surface area (Å²) < 4.78 is 1.08. The Hall–Kier alpha value is -1.25. The largest absolute Gasteiger partial charge is 0.236 e. The summed E-state index contributed by atoms with van der Waals surface area (Å²) in [7, 11) is 0. The predicted molar refractivity (Wildman–Crippen MR) is 78.9 cm³/mol. The van der Waals surface area contributed by atoms with Crippen molar-refractivity contribution in [3.05, 3.63) is 33.5 Å². The summed E-state index contributed by atoms with van der Waals surface area (Å²) in [5, 5.41) is 9.41. The number of hydrogen-bond acceptors (Lipinski definition) is 4. The van der Waals surface area contributed by atoms with Crippen LogP contribution in [0.15, 0.2) is 22.0 Å². The molecule has 0 spiro atoms. The Kier molecular flexibility index (Phi) is 3.15. The Morgan fingerprint density at radius 1 is 1.37 bits per heavy atom. The van der Waals surface area contributed by atoms with E-state index in [4.69, 9.17) is 0 Å². The van der Waals surface area contributed by atoms with Crippen LogP contribution < -0.4 is 0 Å². The maximum Gasteiger partial charge on any atom is 0.149 e. The van der Waals surface area contributed by atoms with E-state index in [1.54, 1.807) is 11.3 Å². The highest BCUT2D eigenvalue weighted by Crippen LogP contribution is 2.42. The van der Waals surface area contributed by atoms with Crippen molar-refractivity contribution in [3.8, 4) is 16.6 Å². The lowest BCUT2D eigenvalue weighted by Gasteiger charge is -2.33. The number of halogens is 1. The van der Waals surface area contributed by atoms with Crippen LogP contribution in [0.3, 0.4) is 0 Å². The van der Waals surface area contributed by atoms with E-state index in [2.05, 4.69) is 32.0 Å². The molecule has 0 unspecified atom stereocenters. The van der Waals surface area contributed by atoms with Crippen LogP contribution >= 0.6 is 27.3 Å². The van der Waals surface area contributed by atoms with Gasteiger partial charge >= 0.3 is 0 Å². The Labute approximate surface area is 124 Å². The topological polar surface area (TPSA) is 49.6 Å². The molecule has 0 N–H and O–H groups in total. The fourth-order valence-corrected chi connectivity index (χ4v) is 3.62. The Morgan fingerprint density at radius 2 is 2.16 bits per heavy atom. The third-order valence-corrected chi connectivity index (χ3v) is 5.18. The Bertz CT molecular complexity index is 668. The normalized spacial score (nSPS) is 16.7. The minimum atomic E-state index is -0.449. The molecule has 0 bridgehead atoms. The second-order valence-corrected chi connectivity index (χ2v) is 7.33. The van der Waals surface area contributed by atoms with E-state index in [9.17, 15) is 5.26 Å². The van der Waals surface area contributed by atoms with E-state index in [-0.39, 0.29) is 0 Å². The minimum absolute atomic E-state index is 0.449. The van der Waals surface area contributed by atoms with Crippen LogP contribution in [0.2, 0.25) is 0 Å². The van der Waals surface area contributed by atoms with Gasteiger partial charge in [-0.05, 0) is 60.3 Å². The third-order valence-electron chi connectivity index (χ3n) is 3.53. The second-order valence-electron chi connectivity index (χ2n) is 4.87. The van der Waals surface area contributed by atoms with Crippen LogP contribution in [-0.2, 0) is 5.41 Å². The van der Waals surface area contributed by atoms with E-state index >= 15 is 0 Å². The molecule has 1 fully saturated rings. The molecule has 2 heterocycles. The smallest absolute Gasteiger partial charge is 0.149 e. The van der Waals surface area contributed by atoms with Crippen molar-refractivity contribution in [2.75, 3.05) is 0 Å². The van der Waals surface area contributed by atoms with Crippen molar-refractivity contribution in [1.29, 1.82) is 5.26 Å². The third kappa shape index (κ3) is 2.19. The number of hydrogen-bond donors (Lipinski definition) is 0. The molecule has 3 rings (SSSR count). The summed E-state index contributed by atoms with van der Waals surface area (Å²) in [6.07, 6.45) is 2.84. The van der Waals surface area contributed by atoms with Crippen LogP contribution in [0.1, 0.15) is 30.8 Å². The number of aryl methyl sites for hydroxylation is 1. The van der Waals surface area contributed by atoms with E-state index in [0.29, 0.717) is 5.82 Å². The molecule has 0 aromatic carbocycles. The van der Waals surface area contributed by atoms with Gasteiger partial charge in [-0.2, -0.15) is 5.26 Å². The lowest BCUT2D eigenvalue weighted by Crippen LogP contribution is -2.34. The van der Waals surface area contributed by atoms with Gasteiger partial charge in [-0.15, -0.1) is 11.3 Å². The maximum absolute atomic E-state index is 9.41. The molecule has 1 saturated carbocycles. The molecule has 96 valence electrons. The molecule has 3 nitrogen and oxygen atoms in total. The summed E-state index contributed by atoms with van der Waals surface area (Å²) in [4.78, 5) is 10.2. The average molecular weight is 334 g/mol. The second kappa shape index (κ2) is 4.69. The molecule has 0 amide bonds. The molecule has 0 aliphatic heterocycles. The van der Waals surface area contributed by atoms with Gasteiger partial charge in [0.15, 0.2) is 0 Å². The molecule has 1 aliphatic rings. The van der Waals surface area contributed by atoms with Crippen molar-refractivity contribution in [3.63, 3.8) is 0 Å². The lowest BCUT2D eigenvalue weighted by atomic mass is 9.69. The standard InChI is InChI=1S/C14H12BrN3S/c1-9-7-10(11-3-4-12(15)19-11)18-13(17-9)14(8-16)5-2-6-14/h3-4,7H,2,5-6H2,1H3. The highest BCUT2D eigenvalue weighted by molar-refractivity contribution is 9.11. The minimum Gasteiger partial charge on any atom is -0.236 e. The molecule has 0 saturated heterocycles. The zero-order valence-electron chi connectivity index (χ0n) is 10.5. The molecule has 2 aromatic heterocycles. The van der Waals surface area contributed by atoms with Gasteiger partial charge in [0.25, 0.3) is 0 Å². The van der Waals surface area contributed by atoms with Gasteiger partial charge in [0, 0.05) is 5.69 Å². The van der Waals surface area contributed by atoms with Gasteiger partial charge in [-0.3, -0.25) is 0 Å². The Morgan fingerprint density at radius 3 is 2.68 bits per heavy atom. The Balaban J connectivity index is 2.09. The first-order valence-corrected chi connectivity index (χ1v) is 7.77. The maximum atomic E-state index is 9.41. The molecular formula is C14H12BrN3S.